The van der Waals surface area contributed by atoms with Crippen molar-refractivity contribution in [2.24, 2.45) is 4.99 Å². The number of hydrogen-bond donors (Lipinski definition) is 3. The summed E-state index contributed by atoms with van der Waals surface area (Å²) >= 11 is 0. The van der Waals surface area contributed by atoms with E-state index in [-0.39, 0.29) is 35.0 Å². The van der Waals surface area contributed by atoms with E-state index < -0.39 is 10.0 Å². The van der Waals surface area contributed by atoms with Crippen molar-refractivity contribution in [3.05, 3.63) is 42.5 Å². The Kier molecular flexibility index (Phi) is 10.9. The predicted molar refractivity (Wildman–Crippen MR) is 119 cm³/mol. The Hall–Kier alpha value is -1.17. The van der Waals surface area contributed by atoms with E-state index in [0.717, 1.165) is 24.9 Å². The molecule has 27 heavy (non-hydrogen) atoms. The molecule has 1 aliphatic rings. The minimum absolute atomic E-state index is 0. The van der Waals surface area contributed by atoms with Gasteiger partial charge in [-0.15, -0.1) is 30.6 Å². The van der Waals surface area contributed by atoms with E-state index in [2.05, 4.69) is 26.9 Å². The van der Waals surface area contributed by atoms with Gasteiger partial charge in [-0.25, -0.2) is 18.1 Å². The Labute approximate surface area is 179 Å². The van der Waals surface area contributed by atoms with Gasteiger partial charge in [-0.2, -0.15) is 0 Å². The molecule has 9 heteroatoms. The molecule has 1 unspecified atom stereocenters. The van der Waals surface area contributed by atoms with Gasteiger partial charge in [0.15, 0.2) is 5.96 Å². The van der Waals surface area contributed by atoms with Crippen LogP contribution in [0, 0.1) is 0 Å². The van der Waals surface area contributed by atoms with Crippen molar-refractivity contribution in [3.8, 4) is 0 Å². The number of aliphatic imine (C=N–C) groups is 1. The highest BCUT2D eigenvalue weighted by Gasteiger charge is 2.20. The van der Waals surface area contributed by atoms with Gasteiger partial charge in [0.1, 0.15) is 0 Å². The van der Waals surface area contributed by atoms with Gasteiger partial charge in [-0.3, -0.25) is 0 Å². The molecule has 2 rings (SSSR count). The molecule has 1 aromatic carbocycles. The fourth-order valence-corrected chi connectivity index (χ4v) is 3.61. The summed E-state index contributed by atoms with van der Waals surface area (Å²) in [6.07, 6.45) is 3.62. The van der Waals surface area contributed by atoms with Gasteiger partial charge in [0.2, 0.25) is 10.0 Å². The first-order valence-electron chi connectivity index (χ1n) is 8.88. The lowest BCUT2D eigenvalue weighted by atomic mass is 10.2. The molecule has 7 nitrogen and oxygen atoms in total. The topological polar surface area (TPSA) is 91.8 Å². The quantitative estimate of drug-likeness (QED) is 0.206. The fourth-order valence-electron chi connectivity index (χ4n) is 2.55. The normalized spacial score (nSPS) is 17.2. The SMILES string of the molecule is C=CCNC(=NCc1ccc(S(=O)(=O)NCC2CCCO2)cc1)NCC.I. The summed E-state index contributed by atoms with van der Waals surface area (Å²) < 4.78 is 32.8. The maximum atomic E-state index is 12.3. The van der Waals surface area contributed by atoms with Crippen molar-refractivity contribution in [2.45, 2.75) is 37.3 Å². The van der Waals surface area contributed by atoms with E-state index in [1.54, 1.807) is 30.3 Å². The molecule has 1 atom stereocenters. The lowest BCUT2D eigenvalue weighted by Gasteiger charge is -2.12. The van der Waals surface area contributed by atoms with Crippen LogP contribution in [0.4, 0.5) is 0 Å². The van der Waals surface area contributed by atoms with Crippen molar-refractivity contribution in [3.63, 3.8) is 0 Å². The number of halogens is 1. The molecule has 152 valence electrons. The van der Waals surface area contributed by atoms with Gasteiger partial charge in [-0.1, -0.05) is 18.2 Å². The Morgan fingerprint density at radius 3 is 2.67 bits per heavy atom. The van der Waals surface area contributed by atoms with E-state index in [1.165, 1.54) is 0 Å². The highest BCUT2D eigenvalue weighted by Crippen LogP contribution is 2.14. The first-order chi connectivity index (χ1) is 12.5. The monoisotopic (exact) mass is 508 g/mol. The first-order valence-corrected chi connectivity index (χ1v) is 10.4. The van der Waals surface area contributed by atoms with Gasteiger partial charge in [-0.05, 0) is 37.5 Å². The predicted octanol–water partition coefficient (Wildman–Crippen LogP) is 2.00. The standard InChI is InChI=1S/C18H28N4O3S.HI/c1-3-11-20-18(19-4-2)21-13-15-7-9-17(10-8-15)26(23,24)22-14-16-6-5-12-25-16;/h3,7-10,16,22H,1,4-6,11-14H2,2H3,(H2,19,20,21);1H. The number of nitrogens with zero attached hydrogens (tertiary/aromatic N) is 1. The van der Waals surface area contributed by atoms with Crippen LogP contribution >= 0.6 is 24.0 Å². The second kappa shape index (κ2) is 12.3. The molecule has 0 spiro atoms. The molecule has 1 fully saturated rings. The largest absolute Gasteiger partial charge is 0.377 e. The van der Waals surface area contributed by atoms with Gasteiger partial charge in [0, 0.05) is 26.2 Å². The lowest BCUT2D eigenvalue weighted by Crippen LogP contribution is -2.37. The third-order valence-electron chi connectivity index (χ3n) is 3.94. The minimum Gasteiger partial charge on any atom is -0.377 e. The van der Waals surface area contributed by atoms with Crippen LogP contribution in [0.5, 0.6) is 0 Å². The molecule has 0 bridgehead atoms. The summed E-state index contributed by atoms with van der Waals surface area (Å²) in [5.41, 5.74) is 0.930. The molecule has 0 saturated carbocycles. The number of hydrogen-bond acceptors (Lipinski definition) is 4. The molecule has 1 saturated heterocycles. The van der Waals surface area contributed by atoms with Crippen molar-refractivity contribution >= 4 is 40.0 Å². The summed E-state index contributed by atoms with van der Waals surface area (Å²) in [4.78, 5) is 4.72. The number of ether oxygens (including phenoxy) is 1. The highest BCUT2D eigenvalue weighted by molar-refractivity contribution is 14.0. The number of benzene rings is 1. The van der Waals surface area contributed by atoms with Crippen LogP contribution in [-0.2, 0) is 21.3 Å². The van der Waals surface area contributed by atoms with Gasteiger partial charge in [0.05, 0.1) is 17.5 Å². The molecule has 0 aliphatic carbocycles. The van der Waals surface area contributed by atoms with Gasteiger partial charge < -0.3 is 15.4 Å². The lowest BCUT2D eigenvalue weighted by molar-refractivity contribution is 0.114. The van der Waals surface area contributed by atoms with E-state index >= 15 is 0 Å². The number of nitrogens with one attached hydrogen (secondary N) is 3. The summed E-state index contributed by atoms with van der Waals surface area (Å²) in [5, 5.41) is 6.26. The fraction of sp³-hybridized carbons (Fsp3) is 0.500. The van der Waals surface area contributed by atoms with Crippen LogP contribution in [0.3, 0.4) is 0 Å². The van der Waals surface area contributed by atoms with Crippen molar-refractivity contribution in [1.82, 2.24) is 15.4 Å². The molecule has 3 N–H and O–H groups in total. The average Bonchev–Trinajstić information content (AvgIpc) is 3.16. The van der Waals surface area contributed by atoms with E-state index in [1.807, 2.05) is 6.92 Å². The Morgan fingerprint density at radius 2 is 2.07 bits per heavy atom. The van der Waals surface area contributed by atoms with Crippen molar-refractivity contribution < 1.29 is 13.2 Å². The van der Waals surface area contributed by atoms with E-state index in [9.17, 15) is 8.42 Å². The van der Waals surface area contributed by atoms with E-state index in [4.69, 9.17) is 4.74 Å². The van der Waals surface area contributed by atoms with E-state index in [0.29, 0.717) is 32.2 Å². The van der Waals surface area contributed by atoms with Crippen LogP contribution < -0.4 is 15.4 Å². The van der Waals surface area contributed by atoms with Crippen LogP contribution in [-0.4, -0.2) is 46.7 Å². The summed E-state index contributed by atoms with van der Waals surface area (Å²) in [5.74, 6) is 0.697. The summed E-state index contributed by atoms with van der Waals surface area (Å²) in [6.45, 7) is 8.52. The number of guanidine groups is 1. The third kappa shape index (κ3) is 8.16. The molecule has 0 radical (unpaired) electrons. The Bertz CT molecular complexity index is 702. The minimum atomic E-state index is -3.52. The zero-order valence-corrected chi connectivity index (χ0v) is 18.8. The van der Waals surface area contributed by atoms with Crippen molar-refractivity contribution in [1.29, 1.82) is 0 Å². The first kappa shape index (κ1) is 23.9. The van der Waals surface area contributed by atoms with Gasteiger partial charge >= 0.3 is 0 Å². The Balaban J connectivity index is 0.00000364. The van der Waals surface area contributed by atoms with Crippen molar-refractivity contribution in [2.75, 3.05) is 26.2 Å². The molecule has 1 aliphatic heterocycles. The zero-order valence-electron chi connectivity index (χ0n) is 15.6. The molecule has 0 aromatic heterocycles. The maximum Gasteiger partial charge on any atom is 0.240 e. The van der Waals surface area contributed by atoms with Crippen LogP contribution in [0.15, 0.2) is 46.8 Å². The van der Waals surface area contributed by atoms with Crippen LogP contribution in [0.2, 0.25) is 0 Å². The average molecular weight is 508 g/mol. The second-order valence-corrected chi connectivity index (χ2v) is 7.76. The molecule has 0 amide bonds. The summed E-state index contributed by atoms with van der Waals surface area (Å²) in [6, 6.07) is 6.77. The highest BCUT2D eigenvalue weighted by atomic mass is 127. The van der Waals surface area contributed by atoms with Gasteiger partial charge in [0.25, 0.3) is 0 Å². The zero-order chi connectivity index (χ0) is 18.8. The molecular weight excluding hydrogens is 479 g/mol. The third-order valence-corrected chi connectivity index (χ3v) is 5.38. The second-order valence-electron chi connectivity index (χ2n) is 6.00. The summed E-state index contributed by atoms with van der Waals surface area (Å²) in [7, 11) is -3.52. The molecule has 1 aromatic rings. The van der Waals surface area contributed by atoms with Crippen LogP contribution in [0.1, 0.15) is 25.3 Å². The molecular formula is C18H29IN4O3S. The Morgan fingerprint density at radius 1 is 1.33 bits per heavy atom. The number of sulfonamides is 1. The smallest absolute Gasteiger partial charge is 0.240 e. The number of rotatable bonds is 9. The van der Waals surface area contributed by atoms with Crippen LogP contribution in [0.25, 0.3) is 0 Å². The maximum absolute atomic E-state index is 12.3. The molecule has 1 heterocycles.